The molecule has 0 radical (unpaired) electrons. The van der Waals surface area contributed by atoms with Gasteiger partial charge in [0.25, 0.3) is 0 Å². The molecule has 2 amide bonds. The predicted octanol–water partition coefficient (Wildman–Crippen LogP) is 0.673. The monoisotopic (exact) mass is 224 g/mol. The molecular formula is C12H20N2O2. The van der Waals surface area contributed by atoms with Gasteiger partial charge >= 0.3 is 0 Å². The molecule has 2 aliphatic rings. The van der Waals surface area contributed by atoms with Gasteiger partial charge < -0.3 is 5.32 Å². The highest BCUT2D eigenvalue weighted by atomic mass is 16.2. The molecule has 0 aromatic rings. The first kappa shape index (κ1) is 11.6. The summed E-state index contributed by atoms with van der Waals surface area (Å²) in [4.78, 5) is 22.4. The van der Waals surface area contributed by atoms with E-state index in [-0.39, 0.29) is 24.3 Å². The third-order valence-corrected chi connectivity index (χ3v) is 4.86. The summed E-state index contributed by atoms with van der Waals surface area (Å²) < 4.78 is 0. The maximum atomic E-state index is 11.3. The number of hydrogen-bond donors (Lipinski definition) is 2. The van der Waals surface area contributed by atoms with Crippen molar-refractivity contribution in [1.29, 1.82) is 0 Å². The lowest BCUT2D eigenvalue weighted by molar-refractivity contribution is -0.125. The molecule has 1 atom stereocenters. The first-order valence-electron chi connectivity index (χ1n) is 5.84. The highest BCUT2D eigenvalue weighted by Crippen LogP contribution is 2.67. The Kier molecular flexibility index (Phi) is 2.38. The van der Waals surface area contributed by atoms with Crippen LogP contribution < -0.4 is 10.6 Å². The Hall–Kier alpha value is -0.900. The number of carbonyl (C=O) groups excluding carboxylic acids is 2. The Morgan fingerprint density at radius 3 is 2.19 bits per heavy atom. The zero-order valence-electron chi connectivity index (χ0n) is 10.4. The topological polar surface area (TPSA) is 58.2 Å². The number of carbonyl (C=O) groups is 2. The summed E-state index contributed by atoms with van der Waals surface area (Å²) in [5.41, 5.74) is 0.637. The molecule has 1 aliphatic heterocycles. The van der Waals surface area contributed by atoms with Crippen molar-refractivity contribution in [2.75, 3.05) is 6.54 Å². The van der Waals surface area contributed by atoms with Crippen molar-refractivity contribution in [2.24, 2.45) is 16.7 Å². The lowest BCUT2D eigenvalue weighted by atomic mass is 10.0. The summed E-state index contributed by atoms with van der Waals surface area (Å²) in [6.45, 7) is 9.81. The fraction of sp³-hybridized carbons (Fsp3) is 0.833. The summed E-state index contributed by atoms with van der Waals surface area (Å²) in [5.74, 6) is 0.224. The highest BCUT2D eigenvalue weighted by Gasteiger charge is 2.64. The van der Waals surface area contributed by atoms with Gasteiger partial charge in [0, 0.05) is 0 Å². The van der Waals surface area contributed by atoms with Crippen LogP contribution in [0.2, 0.25) is 0 Å². The Labute approximate surface area is 96.2 Å². The van der Waals surface area contributed by atoms with Crippen LogP contribution >= 0.6 is 0 Å². The quantitative estimate of drug-likeness (QED) is 0.693. The summed E-state index contributed by atoms with van der Waals surface area (Å²) in [5, 5.41) is 5.51. The second-order valence-corrected chi connectivity index (χ2v) is 6.07. The van der Waals surface area contributed by atoms with Gasteiger partial charge in [-0.1, -0.05) is 27.7 Å². The van der Waals surface area contributed by atoms with E-state index < -0.39 is 0 Å². The van der Waals surface area contributed by atoms with Gasteiger partial charge in [0.1, 0.15) is 0 Å². The average Bonchev–Trinajstić information content (AvgIpc) is 2.38. The smallest absolute Gasteiger partial charge is 0.244 e. The molecule has 1 saturated carbocycles. The van der Waals surface area contributed by atoms with Crippen LogP contribution in [0.5, 0.6) is 0 Å². The maximum absolute atomic E-state index is 11.3. The number of nitrogens with one attached hydrogen (secondary N) is 2. The normalized spacial score (nSPS) is 31.6. The van der Waals surface area contributed by atoms with Gasteiger partial charge in [-0.2, -0.15) is 0 Å². The van der Waals surface area contributed by atoms with Crippen LogP contribution in [0.3, 0.4) is 0 Å². The molecule has 0 aromatic heterocycles. The summed E-state index contributed by atoms with van der Waals surface area (Å²) in [7, 11) is 0. The van der Waals surface area contributed by atoms with Crippen LogP contribution in [0.1, 0.15) is 34.1 Å². The minimum absolute atomic E-state index is 0.170. The third-order valence-electron chi connectivity index (χ3n) is 4.86. The summed E-state index contributed by atoms with van der Waals surface area (Å²) in [6.07, 6.45) is 0.284. The molecule has 0 spiro atoms. The largest absolute Gasteiger partial charge is 0.305 e. The fourth-order valence-corrected chi connectivity index (χ4v) is 2.82. The van der Waals surface area contributed by atoms with Crippen LogP contribution in [0, 0.1) is 16.7 Å². The molecule has 0 bridgehead atoms. The Morgan fingerprint density at radius 2 is 1.81 bits per heavy atom. The van der Waals surface area contributed by atoms with E-state index in [1.54, 1.807) is 0 Å². The van der Waals surface area contributed by atoms with E-state index in [0.717, 1.165) is 6.54 Å². The van der Waals surface area contributed by atoms with Crippen LogP contribution in [-0.2, 0) is 9.59 Å². The molecule has 1 unspecified atom stereocenters. The predicted molar refractivity (Wildman–Crippen MR) is 60.6 cm³/mol. The van der Waals surface area contributed by atoms with Gasteiger partial charge in [0.2, 0.25) is 11.8 Å². The SMILES string of the molecule is CC1(C)C(CNC2CC(=O)NC2=O)C1(C)C. The molecular weight excluding hydrogens is 204 g/mol. The van der Waals surface area contributed by atoms with E-state index >= 15 is 0 Å². The lowest BCUT2D eigenvalue weighted by Crippen LogP contribution is -2.38. The molecule has 4 heteroatoms. The average molecular weight is 224 g/mol. The van der Waals surface area contributed by atoms with Gasteiger partial charge in [-0.3, -0.25) is 14.9 Å². The minimum atomic E-state index is -0.320. The third kappa shape index (κ3) is 1.56. The molecule has 16 heavy (non-hydrogen) atoms. The first-order chi connectivity index (χ1) is 7.26. The van der Waals surface area contributed by atoms with Crippen LogP contribution in [0.4, 0.5) is 0 Å². The van der Waals surface area contributed by atoms with Crippen molar-refractivity contribution >= 4 is 11.8 Å². The molecule has 0 aromatic carbocycles. The molecule has 2 N–H and O–H groups in total. The summed E-state index contributed by atoms with van der Waals surface area (Å²) in [6, 6.07) is -0.320. The van der Waals surface area contributed by atoms with Gasteiger partial charge in [0.05, 0.1) is 12.5 Å². The van der Waals surface area contributed by atoms with Crippen molar-refractivity contribution in [2.45, 2.75) is 40.2 Å². The molecule has 90 valence electrons. The number of amides is 2. The Bertz CT molecular complexity index is 333. The second kappa shape index (κ2) is 3.29. The lowest BCUT2D eigenvalue weighted by Gasteiger charge is -2.09. The van der Waals surface area contributed by atoms with Gasteiger partial charge in [-0.05, 0) is 23.3 Å². The van der Waals surface area contributed by atoms with E-state index in [1.165, 1.54) is 0 Å². The molecule has 2 rings (SSSR count). The van der Waals surface area contributed by atoms with Gasteiger partial charge in [0.15, 0.2) is 0 Å². The molecule has 2 fully saturated rings. The van der Waals surface area contributed by atoms with E-state index in [0.29, 0.717) is 16.7 Å². The van der Waals surface area contributed by atoms with Crippen molar-refractivity contribution in [3.8, 4) is 0 Å². The zero-order valence-corrected chi connectivity index (χ0v) is 10.4. The highest BCUT2D eigenvalue weighted by molar-refractivity contribution is 6.05. The zero-order chi connectivity index (χ0) is 12.1. The van der Waals surface area contributed by atoms with Crippen LogP contribution in [-0.4, -0.2) is 24.4 Å². The van der Waals surface area contributed by atoms with Crippen molar-refractivity contribution < 1.29 is 9.59 Å². The number of imide groups is 1. The molecule has 1 saturated heterocycles. The number of rotatable bonds is 3. The summed E-state index contributed by atoms with van der Waals surface area (Å²) >= 11 is 0. The second-order valence-electron chi connectivity index (χ2n) is 6.07. The van der Waals surface area contributed by atoms with Crippen molar-refractivity contribution in [3.05, 3.63) is 0 Å². The van der Waals surface area contributed by atoms with E-state index in [1.807, 2.05) is 0 Å². The molecule has 1 aliphatic carbocycles. The standard InChI is InChI=1S/C12H20N2O2/c1-11(2)8(12(11,3)4)6-13-7-5-9(15)14-10(7)16/h7-8,13H,5-6H2,1-4H3,(H,14,15,16). The van der Waals surface area contributed by atoms with Crippen LogP contribution in [0.25, 0.3) is 0 Å². The first-order valence-corrected chi connectivity index (χ1v) is 5.84. The van der Waals surface area contributed by atoms with Crippen molar-refractivity contribution in [3.63, 3.8) is 0 Å². The molecule has 4 nitrogen and oxygen atoms in total. The minimum Gasteiger partial charge on any atom is -0.305 e. The van der Waals surface area contributed by atoms with Crippen LogP contribution in [0.15, 0.2) is 0 Å². The van der Waals surface area contributed by atoms with Gasteiger partial charge in [-0.25, -0.2) is 0 Å². The van der Waals surface area contributed by atoms with Gasteiger partial charge in [-0.15, -0.1) is 0 Å². The van der Waals surface area contributed by atoms with Crippen molar-refractivity contribution in [1.82, 2.24) is 10.6 Å². The maximum Gasteiger partial charge on any atom is 0.244 e. The number of hydrogen-bond acceptors (Lipinski definition) is 3. The van der Waals surface area contributed by atoms with E-state index in [9.17, 15) is 9.59 Å². The Balaban J connectivity index is 1.86. The molecule has 1 heterocycles. The van der Waals surface area contributed by atoms with E-state index in [2.05, 4.69) is 38.3 Å². The van der Waals surface area contributed by atoms with E-state index in [4.69, 9.17) is 0 Å². The Morgan fingerprint density at radius 1 is 1.25 bits per heavy atom. The fourth-order valence-electron chi connectivity index (χ4n) is 2.82.